The van der Waals surface area contributed by atoms with Crippen molar-refractivity contribution in [3.8, 4) is 0 Å². The van der Waals surface area contributed by atoms with Crippen LogP contribution in [-0.2, 0) is 4.74 Å². The predicted octanol–water partition coefficient (Wildman–Crippen LogP) is 4.33. The van der Waals surface area contributed by atoms with Crippen LogP contribution < -0.4 is 0 Å². The second-order valence-electron chi connectivity index (χ2n) is 7.08. The Bertz CT molecular complexity index is 368. The van der Waals surface area contributed by atoms with Gasteiger partial charge in [-0.15, -0.1) is 0 Å². The SMILES string of the molecule is CC(C)C1=C2CC[C@@]3(C)OCC[C@H]3[C@@]2(C)CC1. The largest absolute Gasteiger partial charge is 0.375 e. The zero-order valence-electron chi connectivity index (χ0n) is 11.8. The zero-order valence-corrected chi connectivity index (χ0v) is 11.8. The molecular formula is C16H26O. The van der Waals surface area contributed by atoms with E-state index in [1.165, 1.54) is 32.1 Å². The third-order valence-electron chi connectivity index (χ3n) is 5.90. The van der Waals surface area contributed by atoms with Crippen LogP contribution in [-0.4, -0.2) is 12.2 Å². The molecule has 3 rings (SSSR count). The van der Waals surface area contributed by atoms with Gasteiger partial charge in [0.05, 0.1) is 5.60 Å². The lowest BCUT2D eigenvalue weighted by molar-refractivity contribution is -0.0546. The molecule has 1 heteroatoms. The molecule has 2 aliphatic carbocycles. The van der Waals surface area contributed by atoms with Crippen molar-refractivity contribution in [2.75, 3.05) is 6.61 Å². The van der Waals surface area contributed by atoms with E-state index < -0.39 is 0 Å². The van der Waals surface area contributed by atoms with E-state index in [4.69, 9.17) is 4.74 Å². The van der Waals surface area contributed by atoms with Gasteiger partial charge in [0, 0.05) is 6.61 Å². The lowest BCUT2D eigenvalue weighted by Crippen LogP contribution is -2.45. The number of fused-ring (bicyclic) bond motifs is 3. The van der Waals surface area contributed by atoms with Gasteiger partial charge in [-0.25, -0.2) is 0 Å². The van der Waals surface area contributed by atoms with Crippen LogP contribution in [0.15, 0.2) is 11.1 Å². The summed E-state index contributed by atoms with van der Waals surface area (Å²) in [5.74, 6) is 1.52. The highest BCUT2D eigenvalue weighted by Crippen LogP contribution is 2.61. The molecule has 1 nitrogen and oxygen atoms in total. The van der Waals surface area contributed by atoms with Crippen molar-refractivity contribution in [1.82, 2.24) is 0 Å². The van der Waals surface area contributed by atoms with Crippen molar-refractivity contribution in [1.29, 1.82) is 0 Å². The molecule has 1 saturated heterocycles. The van der Waals surface area contributed by atoms with E-state index in [0.29, 0.717) is 5.41 Å². The smallest absolute Gasteiger partial charge is 0.0694 e. The maximum atomic E-state index is 6.09. The summed E-state index contributed by atoms with van der Waals surface area (Å²) < 4.78 is 6.09. The number of ether oxygens (including phenoxy) is 1. The first kappa shape index (κ1) is 11.8. The number of hydrogen-bond donors (Lipinski definition) is 0. The minimum Gasteiger partial charge on any atom is -0.375 e. The van der Waals surface area contributed by atoms with Gasteiger partial charge in [-0.05, 0) is 56.3 Å². The van der Waals surface area contributed by atoms with Gasteiger partial charge >= 0.3 is 0 Å². The van der Waals surface area contributed by atoms with Crippen LogP contribution in [0.25, 0.3) is 0 Å². The molecule has 0 spiro atoms. The van der Waals surface area contributed by atoms with Crippen LogP contribution in [0, 0.1) is 17.3 Å². The average molecular weight is 234 g/mol. The van der Waals surface area contributed by atoms with Crippen LogP contribution in [0.4, 0.5) is 0 Å². The monoisotopic (exact) mass is 234 g/mol. The molecule has 0 aromatic carbocycles. The summed E-state index contributed by atoms with van der Waals surface area (Å²) in [4.78, 5) is 0. The molecule has 0 amide bonds. The second-order valence-corrected chi connectivity index (χ2v) is 7.08. The Labute approximate surface area is 106 Å². The normalized spacial score (nSPS) is 45.4. The van der Waals surface area contributed by atoms with E-state index in [1.54, 1.807) is 5.57 Å². The van der Waals surface area contributed by atoms with Crippen LogP contribution in [0.2, 0.25) is 0 Å². The number of hydrogen-bond acceptors (Lipinski definition) is 1. The Balaban J connectivity index is 2.02. The minimum absolute atomic E-state index is 0.185. The van der Waals surface area contributed by atoms with Gasteiger partial charge < -0.3 is 4.74 Å². The first-order valence-electron chi connectivity index (χ1n) is 7.34. The summed E-state index contributed by atoms with van der Waals surface area (Å²) in [7, 11) is 0. The summed E-state index contributed by atoms with van der Waals surface area (Å²) in [5.41, 5.74) is 4.25. The lowest BCUT2D eigenvalue weighted by atomic mass is 9.59. The van der Waals surface area contributed by atoms with Crippen LogP contribution in [0.1, 0.15) is 59.8 Å². The van der Waals surface area contributed by atoms with Crippen molar-refractivity contribution in [3.63, 3.8) is 0 Å². The fraction of sp³-hybridized carbons (Fsp3) is 0.875. The summed E-state index contributed by atoms with van der Waals surface area (Å²) in [6.45, 7) is 10.6. The molecule has 96 valence electrons. The molecule has 1 aliphatic heterocycles. The van der Waals surface area contributed by atoms with Crippen molar-refractivity contribution < 1.29 is 4.74 Å². The predicted molar refractivity (Wildman–Crippen MR) is 70.9 cm³/mol. The molecular weight excluding hydrogens is 208 g/mol. The highest BCUT2D eigenvalue weighted by molar-refractivity contribution is 5.34. The summed E-state index contributed by atoms with van der Waals surface area (Å²) in [5, 5.41) is 0. The minimum atomic E-state index is 0.185. The maximum Gasteiger partial charge on any atom is 0.0694 e. The van der Waals surface area contributed by atoms with E-state index in [9.17, 15) is 0 Å². The number of allylic oxidation sites excluding steroid dienone is 2. The molecule has 0 bridgehead atoms. The maximum absolute atomic E-state index is 6.09. The second kappa shape index (κ2) is 3.60. The Morgan fingerprint density at radius 3 is 2.65 bits per heavy atom. The molecule has 17 heavy (non-hydrogen) atoms. The van der Waals surface area contributed by atoms with E-state index in [-0.39, 0.29) is 5.60 Å². The van der Waals surface area contributed by atoms with Crippen LogP contribution in [0.5, 0.6) is 0 Å². The third kappa shape index (κ3) is 1.47. The first-order valence-corrected chi connectivity index (χ1v) is 7.34. The van der Waals surface area contributed by atoms with Crippen molar-refractivity contribution in [3.05, 3.63) is 11.1 Å². The molecule has 0 aromatic heterocycles. The van der Waals surface area contributed by atoms with Gasteiger partial charge in [-0.3, -0.25) is 0 Å². The van der Waals surface area contributed by atoms with Gasteiger partial charge in [0.15, 0.2) is 0 Å². The average Bonchev–Trinajstić information content (AvgIpc) is 2.78. The first-order chi connectivity index (χ1) is 7.97. The van der Waals surface area contributed by atoms with Crippen molar-refractivity contribution >= 4 is 0 Å². The summed E-state index contributed by atoms with van der Waals surface area (Å²) in [6.07, 6.45) is 6.53. The van der Waals surface area contributed by atoms with Gasteiger partial charge in [0.2, 0.25) is 0 Å². The van der Waals surface area contributed by atoms with Crippen molar-refractivity contribution in [2.45, 2.75) is 65.4 Å². The fourth-order valence-electron chi connectivity index (χ4n) is 4.96. The Morgan fingerprint density at radius 1 is 1.18 bits per heavy atom. The molecule has 0 N–H and O–H groups in total. The number of rotatable bonds is 1. The van der Waals surface area contributed by atoms with Crippen LogP contribution >= 0.6 is 0 Å². The van der Waals surface area contributed by atoms with E-state index in [1.807, 2.05) is 5.57 Å². The zero-order chi connectivity index (χ0) is 12.3. The van der Waals surface area contributed by atoms with Crippen molar-refractivity contribution in [2.24, 2.45) is 17.3 Å². The molecule has 1 heterocycles. The summed E-state index contributed by atoms with van der Waals surface area (Å²) >= 11 is 0. The summed E-state index contributed by atoms with van der Waals surface area (Å²) in [6, 6.07) is 0. The van der Waals surface area contributed by atoms with Crippen LogP contribution in [0.3, 0.4) is 0 Å². The molecule has 2 fully saturated rings. The molecule has 3 aliphatic rings. The third-order valence-corrected chi connectivity index (χ3v) is 5.90. The lowest BCUT2D eigenvalue weighted by Gasteiger charge is -2.48. The molecule has 0 radical (unpaired) electrons. The molecule has 0 aromatic rings. The highest BCUT2D eigenvalue weighted by Gasteiger charge is 2.56. The topological polar surface area (TPSA) is 9.23 Å². The Kier molecular flexibility index (Phi) is 2.49. The van der Waals surface area contributed by atoms with E-state index >= 15 is 0 Å². The highest BCUT2D eigenvalue weighted by atomic mass is 16.5. The van der Waals surface area contributed by atoms with Gasteiger partial charge in [0.25, 0.3) is 0 Å². The van der Waals surface area contributed by atoms with Gasteiger partial charge in [-0.2, -0.15) is 0 Å². The molecule has 3 atom stereocenters. The van der Waals surface area contributed by atoms with E-state index in [2.05, 4.69) is 27.7 Å². The molecule has 0 unspecified atom stereocenters. The standard InChI is InChI=1S/C16H26O/c1-11(2)12-5-8-15(3)13(12)6-9-16(4)14(15)7-10-17-16/h11,14H,5-10H2,1-4H3/t14-,15-,16+/m0/s1. The molecule has 1 saturated carbocycles. The fourth-order valence-corrected chi connectivity index (χ4v) is 4.96. The Hall–Kier alpha value is -0.300. The van der Waals surface area contributed by atoms with Gasteiger partial charge in [0.1, 0.15) is 0 Å². The quantitative estimate of drug-likeness (QED) is 0.614. The Morgan fingerprint density at radius 2 is 1.94 bits per heavy atom. The van der Waals surface area contributed by atoms with E-state index in [0.717, 1.165) is 18.4 Å². The van der Waals surface area contributed by atoms with Gasteiger partial charge in [-0.1, -0.05) is 31.9 Å².